The molecule has 0 saturated carbocycles. The molecule has 5 heteroatoms. The van der Waals surface area contributed by atoms with Crippen molar-refractivity contribution >= 4 is 23.7 Å². The topological polar surface area (TPSA) is 38.3 Å². The molecule has 0 atom stereocenters. The number of carbonyl (C=O) groups excluding carboxylic acids is 1. The summed E-state index contributed by atoms with van der Waals surface area (Å²) >= 11 is 1.59. The van der Waals surface area contributed by atoms with Crippen LogP contribution in [-0.2, 0) is 10.5 Å². The SMILES string of the molecule is COc1ccc(/C=C/C(=O)NCCSCc2ccccc2F)cc1. The van der Waals surface area contributed by atoms with Gasteiger partial charge in [0.2, 0.25) is 5.91 Å². The Morgan fingerprint density at radius 3 is 2.67 bits per heavy atom. The maximum atomic E-state index is 13.4. The van der Waals surface area contributed by atoms with E-state index in [0.29, 0.717) is 17.9 Å². The molecule has 0 bridgehead atoms. The molecule has 0 aliphatic carbocycles. The first-order valence-electron chi connectivity index (χ1n) is 7.60. The maximum Gasteiger partial charge on any atom is 0.244 e. The lowest BCUT2D eigenvalue weighted by atomic mass is 10.2. The smallest absolute Gasteiger partial charge is 0.244 e. The van der Waals surface area contributed by atoms with Crippen LogP contribution in [0.25, 0.3) is 6.08 Å². The van der Waals surface area contributed by atoms with E-state index in [1.807, 2.05) is 30.3 Å². The zero-order valence-electron chi connectivity index (χ0n) is 13.5. The average molecular weight is 345 g/mol. The molecule has 2 aromatic carbocycles. The first-order valence-corrected chi connectivity index (χ1v) is 8.75. The molecule has 1 amide bonds. The van der Waals surface area contributed by atoms with Crippen molar-refractivity contribution in [3.05, 3.63) is 71.6 Å². The Labute approximate surface area is 145 Å². The number of ether oxygens (including phenoxy) is 1. The number of rotatable bonds is 8. The number of hydrogen-bond acceptors (Lipinski definition) is 3. The van der Waals surface area contributed by atoms with Gasteiger partial charge in [-0.1, -0.05) is 30.3 Å². The highest BCUT2D eigenvalue weighted by molar-refractivity contribution is 7.98. The van der Waals surface area contributed by atoms with Gasteiger partial charge in [-0.15, -0.1) is 0 Å². The molecule has 0 spiro atoms. The van der Waals surface area contributed by atoms with E-state index in [1.165, 1.54) is 12.1 Å². The molecular weight excluding hydrogens is 325 g/mol. The summed E-state index contributed by atoms with van der Waals surface area (Å²) in [7, 11) is 1.61. The van der Waals surface area contributed by atoms with Crippen molar-refractivity contribution in [3.63, 3.8) is 0 Å². The van der Waals surface area contributed by atoms with Crippen LogP contribution in [0.5, 0.6) is 5.75 Å². The predicted octanol–water partition coefficient (Wildman–Crippen LogP) is 3.90. The van der Waals surface area contributed by atoms with Gasteiger partial charge in [-0.25, -0.2) is 4.39 Å². The van der Waals surface area contributed by atoms with Crippen molar-refractivity contribution in [1.29, 1.82) is 0 Å². The van der Waals surface area contributed by atoms with Crippen molar-refractivity contribution < 1.29 is 13.9 Å². The van der Waals surface area contributed by atoms with Crippen LogP contribution in [0.4, 0.5) is 4.39 Å². The Bertz CT molecular complexity index is 686. The first-order chi connectivity index (χ1) is 11.7. The molecule has 0 saturated heterocycles. The van der Waals surface area contributed by atoms with Gasteiger partial charge in [0.1, 0.15) is 11.6 Å². The molecule has 0 unspecified atom stereocenters. The van der Waals surface area contributed by atoms with E-state index in [1.54, 1.807) is 37.1 Å². The highest BCUT2D eigenvalue weighted by Gasteiger charge is 2.01. The Morgan fingerprint density at radius 1 is 1.21 bits per heavy atom. The van der Waals surface area contributed by atoms with Gasteiger partial charge in [-0.05, 0) is 35.4 Å². The second-order valence-electron chi connectivity index (χ2n) is 5.04. The van der Waals surface area contributed by atoms with Crippen LogP contribution in [0, 0.1) is 5.82 Å². The summed E-state index contributed by atoms with van der Waals surface area (Å²) in [6.07, 6.45) is 3.25. The second-order valence-corrected chi connectivity index (χ2v) is 6.15. The van der Waals surface area contributed by atoms with E-state index in [9.17, 15) is 9.18 Å². The van der Waals surface area contributed by atoms with E-state index in [4.69, 9.17) is 4.74 Å². The summed E-state index contributed by atoms with van der Waals surface area (Å²) in [4.78, 5) is 11.7. The van der Waals surface area contributed by atoms with Gasteiger partial charge >= 0.3 is 0 Å². The lowest BCUT2D eigenvalue weighted by Crippen LogP contribution is -2.23. The molecule has 0 radical (unpaired) electrons. The Kier molecular flexibility index (Phi) is 7.36. The molecule has 24 heavy (non-hydrogen) atoms. The normalized spacial score (nSPS) is 10.8. The van der Waals surface area contributed by atoms with E-state index in [-0.39, 0.29) is 11.7 Å². The molecule has 2 rings (SSSR count). The summed E-state index contributed by atoms with van der Waals surface area (Å²) in [6.45, 7) is 0.547. The fourth-order valence-corrected chi connectivity index (χ4v) is 2.83. The predicted molar refractivity (Wildman–Crippen MR) is 97.6 cm³/mol. The van der Waals surface area contributed by atoms with Crippen LogP contribution in [-0.4, -0.2) is 25.3 Å². The first kappa shape index (κ1) is 18.1. The minimum absolute atomic E-state index is 0.141. The number of amides is 1. The molecular formula is C19H20FNO2S. The second kappa shape index (κ2) is 9.78. The van der Waals surface area contributed by atoms with Crippen LogP contribution in [0.2, 0.25) is 0 Å². The quantitative estimate of drug-likeness (QED) is 0.582. The number of methoxy groups -OCH3 is 1. The minimum atomic E-state index is -0.184. The average Bonchev–Trinajstić information content (AvgIpc) is 2.61. The van der Waals surface area contributed by atoms with Gasteiger partial charge in [-0.2, -0.15) is 11.8 Å². The number of halogens is 1. The largest absolute Gasteiger partial charge is 0.497 e. The van der Waals surface area contributed by atoms with Crippen molar-refractivity contribution in [2.75, 3.05) is 19.4 Å². The summed E-state index contributed by atoms with van der Waals surface area (Å²) < 4.78 is 18.5. The van der Waals surface area contributed by atoms with Crippen LogP contribution in [0.3, 0.4) is 0 Å². The van der Waals surface area contributed by atoms with Gasteiger partial charge < -0.3 is 10.1 Å². The monoisotopic (exact) mass is 345 g/mol. The molecule has 0 fully saturated rings. The fraction of sp³-hybridized carbons (Fsp3) is 0.211. The molecule has 0 heterocycles. The number of hydrogen-bond donors (Lipinski definition) is 1. The van der Waals surface area contributed by atoms with E-state index in [2.05, 4.69) is 5.32 Å². The van der Waals surface area contributed by atoms with Gasteiger partial charge in [0.15, 0.2) is 0 Å². The lowest BCUT2D eigenvalue weighted by Gasteiger charge is -2.04. The molecule has 0 aliphatic rings. The van der Waals surface area contributed by atoms with E-state index < -0.39 is 0 Å². The molecule has 0 aromatic heterocycles. The molecule has 126 valence electrons. The number of nitrogens with one attached hydrogen (secondary N) is 1. The highest BCUT2D eigenvalue weighted by Crippen LogP contribution is 2.15. The van der Waals surface area contributed by atoms with Gasteiger partial charge in [0, 0.05) is 24.1 Å². The standard InChI is InChI=1S/C19H20FNO2S/c1-23-17-9-6-15(7-10-17)8-11-19(22)21-12-13-24-14-16-4-2-3-5-18(16)20/h2-11H,12-14H2,1H3,(H,21,22)/b11-8+. The van der Waals surface area contributed by atoms with Crippen molar-refractivity contribution in [1.82, 2.24) is 5.32 Å². The van der Waals surface area contributed by atoms with Gasteiger partial charge in [0.05, 0.1) is 7.11 Å². The third-order valence-corrected chi connectivity index (χ3v) is 4.31. The fourth-order valence-electron chi connectivity index (χ4n) is 1.99. The third kappa shape index (κ3) is 6.08. The number of benzene rings is 2. The summed E-state index contributed by atoms with van der Waals surface area (Å²) in [5.74, 6) is 1.79. The lowest BCUT2D eigenvalue weighted by molar-refractivity contribution is -0.116. The van der Waals surface area contributed by atoms with E-state index >= 15 is 0 Å². The number of thioether (sulfide) groups is 1. The summed E-state index contributed by atoms with van der Waals surface area (Å²) in [5, 5.41) is 2.81. The molecule has 2 aromatic rings. The molecule has 3 nitrogen and oxygen atoms in total. The van der Waals surface area contributed by atoms with Crippen LogP contribution in [0.1, 0.15) is 11.1 Å². The highest BCUT2D eigenvalue weighted by atomic mass is 32.2. The minimum Gasteiger partial charge on any atom is -0.497 e. The summed E-state index contributed by atoms with van der Waals surface area (Å²) in [5.41, 5.74) is 1.62. The van der Waals surface area contributed by atoms with Gasteiger partial charge in [-0.3, -0.25) is 4.79 Å². The number of carbonyl (C=O) groups is 1. The summed E-state index contributed by atoms with van der Waals surface area (Å²) in [6, 6.07) is 14.2. The van der Waals surface area contributed by atoms with Crippen molar-refractivity contribution in [3.8, 4) is 5.75 Å². The Hall–Kier alpha value is -2.27. The molecule has 0 aliphatic heterocycles. The van der Waals surface area contributed by atoms with Crippen LogP contribution < -0.4 is 10.1 Å². The molecule has 1 N–H and O–H groups in total. The van der Waals surface area contributed by atoms with E-state index in [0.717, 1.165) is 17.1 Å². The Balaban J connectivity index is 1.65. The van der Waals surface area contributed by atoms with Crippen molar-refractivity contribution in [2.45, 2.75) is 5.75 Å². The third-order valence-electron chi connectivity index (χ3n) is 3.30. The van der Waals surface area contributed by atoms with Crippen LogP contribution in [0.15, 0.2) is 54.6 Å². The van der Waals surface area contributed by atoms with Crippen molar-refractivity contribution in [2.24, 2.45) is 0 Å². The zero-order chi connectivity index (χ0) is 17.2. The van der Waals surface area contributed by atoms with Gasteiger partial charge in [0.25, 0.3) is 0 Å². The maximum absolute atomic E-state index is 13.4. The zero-order valence-corrected chi connectivity index (χ0v) is 14.3. The Morgan fingerprint density at radius 2 is 1.96 bits per heavy atom. The van der Waals surface area contributed by atoms with Crippen LogP contribution >= 0.6 is 11.8 Å².